The summed E-state index contributed by atoms with van der Waals surface area (Å²) in [5, 5.41) is 9.19. The van der Waals surface area contributed by atoms with Crippen molar-refractivity contribution < 1.29 is 9.90 Å². The van der Waals surface area contributed by atoms with Gasteiger partial charge < -0.3 is 5.11 Å². The predicted molar refractivity (Wildman–Crippen MR) is 61.2 cm³/mol. The van der Waals surface area contributed by atoms with Gasteiger partial charge in [-0.1, -0.05) is 12.8 Å². The van der Waals surface area contributed by atoms with Crippen molar-refractivity contribution in [2.75, 3.05) is 6.54 Å². The smallest absolute Gasteiger partial charge is 0.306 e. The summed E-state index contributed by atoms with van der Waals surface area (Å²) in [5.41, 5.74) is 0. The molecule has 0 radical (unpaired) electrons. The lowest BCUT2D eigenvalue weighted by atomic mass is 9.71. The molecule has 2 heterocycles. The van der Waals surface area contributed by atoms with Gasteiger partial charge in [0.05, 0.1) is 5.92 Å². The van der Waals surface area contributed by atoms with Crippen LogP contribution in [0.5, 0.6) is 0 Å². The van der Waals surface area contributed by atoms with Crippen LogP contribution in [0.15, 0.2) is 0 Å². The van der Waals surface area contributed by atoms with Gasteiger partial charge in [0, 0.05) is 18.6 Å². The SMILES string of the molecule is O=C(O)C1CC2CCC1CN2C1CCCC1. The molecule has 3 heteroatoms. The van der Waals surface area contributed by atoms with Crippen LogP contribution in [0.2, 0.25) is 0 Å². The van der Waals surface area contributed by atoms with Gasteiger partial charge in [-0.25, -0.2) is 0 Å². The fraction of sp³-hybridized carbons (Fsp3) is 0.923. The summed E-state index contributed by atoms with van der Waals surface area (Å²) in [6, 6.07) is 1.36. The molecule has 0 aromatic heterocycles. The number of nitrogens with zero attached hydrogens (tertiary/aromatic N) is 1. The van der Waals surface area contributed by atoms with Gasteiger partial charge in [0.15, 0.2) is 0 Å². The Kier molecular flexibility index (Phi) is 2.66. The zero-order valence-electron chi connectivity index (χ0n) is 9.77. The Balaban J connectivity index is 1.71. The Labute approximate surface area is 96.8 Å². The van der Waals surface area contributed by atoms with Crippen LogP contribution < -0.4 is 0 Å². The molecule has 2 bridgehead atoms. The Bertz CT molecular complexity index is 286. The van der Waals surface area contributed by atoms with Crippen molar-refractivity contribution in [2.45, 2.75) is 57.0 Å². The number of carboxylic acids is 1. The maximum absolute atomic E-state index is 11.2. The minimum atomic E-state index is -0.555. The molecule has 0 spiro atoms. The van der Waals surface area contributed by atoms with E-state index in [1.54, 1.807) is 0 Å². The van der Waals surface area contributed by atoms with Gasteiger partial charge >= 0.3 is 5.97 Å². The number of piperidine rings is 2. The zero-order valence-corrected chi connectivity index (χ0v) is 9.77. The third-order valence-electron chi connectivity index (χ3n) is 4.99. The average molecular weight is 223 g/mol. The van der Waals surface area contributed by atoms with Crippen LogP contribution in [-0.2, 0) is 4.79 Å². The molecule has 1 N–H and O–H groups in total. The second-order valence-electron chi connectivity index (χ2n) is 5.81. The minimum absolute atomic E-state index is 0.0450. The Morgan fingerprint density at radius 1 is 1.06 bits per heavy atom. The molecule has 2 saturated carbocycles. The first kappa shape index (κ1) is 10.6. The summed E-state index contributed by atoms with van der Waals surface area (Å²) in [5.74, 6) is -0.166. The highest BCUT2D eigenvalue weighted by Gasteiger charge is 2.45. The van der Waals surface area contributed by atoms with E-state index in [-0.39, 0.29) is 5.92 Å². The largest absolute Gasteiger partial charge is 0.481 e. The summed E-state index contributed by atoms with van der Waals surface area (Å²) in [6.07, 6.45) is 8.75. The lowest BCUT2D eigenvalue weighted by Crippen LogP contribution is -2.56. The van der Waals surface area contributed by atoms with E-state index in [0.29, 0.717) is 12.0 Å². The second kappa shape index (κ2) is 4.02. The van der Waals surface area contributed by atoms with Gasteiger partial charge in [0.25, 0.3) is 0 Å². The van der Waals surface area contributed by atoms with Crippen molar-refractivity contribution in [3.63, 3.8) is 0 Å². The summed E-state index contributed by atoms with van der Waals surface area (Å²) >= 11 is 0. The summed E-state index contributed by atoms with van der Waals surface area (Å²) in [6.45, 7) is 1.06. The van der Waals surface area contributed by atoms with Crippen LogP contribution >= 0.6 is 0 Å². The maximum Gasteiger partial charge on any atom is 0.306 e. The molecule has 4 fully saturated rings. The molecule has 90 valence electrons. The second-order valence-corrected chi connectivity index (χ2v) is 5.81. The highest BCUT2D eigenvalue weighted by atomic mass is 16.4. The van der Waals surface area contributed by atoms with Crippen molar-refractivity contribution in [1.29, 1.82) is 0 Å². The molecule has 0 amide bonds. The molecule has 4 aliphatic rings. The minimum Gasteiger partial charge on any atom is -0.481 e. The van der Waals surface area contributed by atoms with Gasteiger partial charge in [-0.15, -0.1) is 0 Å². The van der Waals surface area contributed by atoms with Crippen molar-refractivity contribution >= 4 is 5.97 Å². The van der Waals surface area contributed by atoms with Crippen LogP contribution in [0.4, 0.5) is 0 Å². The molecule has 4 rings (SSSR count). The molecular weight excluding hydrogens is 202 g/mol. The molecule has 3 nitrogen and oxygen atoms in total. The normalized spacial score (nSPS) is 40.4. The van der Waals surface area contributed by atoms with Crippen LogP contribution in [-0.4, -0.2) is 34.6 Å². The molecular formula is C13H21NO2. The van der Waals surface area contributed by atoms with E-state index < -0.39 is 5.97 Å². The molecule has 2 saturated heterocycles. The van der Waals surface area contributed by atoms with Crippen molar-refractivity contribution in [2.24, 2.45) is 11.8 Å². The monoisotopic (exact) mass is 223 g/mol. The summed E-state index contributed by atoms with van der Waals surface area (Å²) in [7, 11) is 0. The van der Waals surface area contributed by atoms with E-state index in [0.717, 1.165) is 25.4 Å². The number of carbonyl (C=O) groups is 1. The number of carboxylic acid groups (broad SMARTS) is 1. The van der Waals surface area contributed by atoms with Gasteiger partial charge in [-0.2, -0.15) is 0 Å². The Hall–Kier alpha value is -0.570. The number of fused-ring (bicyclic) bond motifs is 3. The Morgan fingerprint density at radius 2 is 1.81 bits per heavy atom. The summed E-state index contributed by atoms with van der Waals surface area (Å²) in [4.78, 5) is 13.8. The predicted octanol–water partition coefficient (Wildman–Crippen LogP) is 2.11. The highest BCUT2D eigenvalue weighted by Crippen LogP contribution is 2.42. The van der Waals surface area contributed by atoms with Crippen LogP contribution in [0.25, 0.3) is 0 Å². The third kappa shape index (κ3) is 1.65. The zero-order chi connectivity index (χ0) is 11.1. The van der Waals surface area contributed by atoms with E-state index in [1.165, 1.54) is 32.1 Å². The first-order valence-electron chi connectivity index (χ1n) is 6.74. The van der Waals surface area contributed by atoms with Crippen molar-refractivity contribution in [3.05, 3.63) is 0 Å². The number of rotatable bonds is 2. The van der Waals surface area contributed by atoms with Gasteiger partial charge in [0.2, 0.25) is 0 Å². The number of hydrogen-bond acceptors (Lipinski definition) is 2. The third-order valence-corrected chi connectivity index (χ3v) is 4.99. The topological polar surface area (TPSA) is 40.5 Å². The number of aliphatic carboxylic acids is 1. The van der Waals surface area contributed by atoms with E-state index in [2.05, 4.69) is 4.90 Å². The molecule has 3 unspecified atom stereocenters. The van der Waals surface area contributed by atoms with E-state index in [4.69, 9.17) is 0 Å². The van der Waals surface area contributed by atoms with Gasteiger partial charge in [0.1, 0.15) is 0 Å². The first-order chi connectivity index (χ1) is 7.75. The lowest BCUT2D eigenvalue weighted by Gasteiger charge is -2.50. The molecule has 0 aromatic rings. The number of hydrogen-bond donors (Lipinski definition) is 1. The Morgan fingerprint density at radius 3 is 2.38 bits per heavy atom. The van der Waals surface area contributed by atoms with Crippen LogP contribution in [0.1, 0.15) is 44.9 Å². The fourth-order valence-electron chi connectivity index (χ4n) is 4.14. The molecule has 2 aliphatic carbocycles. The molecule has 2 aliphatic heterocycles. The quantitative estimate of drug-likeness (QED) is 0.779. The standard InChI is InChI=1S/C13H21NO2/c15-13(16)12-7-11-6-5-9(12)8-14(11)10-3-1-2-4-10/h9-12H,1-8H2,(H,15,16). The van der Waals surface area contributed by atoms with E-state index in [1.807, 2.05) is 0 Å². The van der Waals surface area contributed by atoms with Crippen molar-refractivity contribution in [3.8, 4) is 0 Å². The lowest BCUT2D eigenvalue weighted by molar-refractivity contribution is -0.150. The maximum atomic E-state index is 11.2. The van der Waals surface area contributed by atoms with Gasteiger partial charge in [-0.05, 0) is 38.0 Å². The first-order valence-corrected chi connectivity index (χ1v) is 6.74. The molecule has 0 aromatic carbocycles. The van der Waals surface area contributed by atoms with E-state index >= 15 is 0 Å². The van der Waals surface area contributed by atoms with Gasteiger partial charge in [-0.3, -0.25) is 9.69 Å². The average Bonchev–Trinajstić information content (AvgIpc) is 2.82. The molecule has 16 heavy (non-hydrogen) atoms. The summed E-state index contributed by atoms with van der Waals surface area (Å²) < 4.78 is 0. The van der Waals surface area contributed by atoms with Crippen LogP contribution in [0.3, 0.4) is 0 Å². The molecule has 3 atom stereocenters. The highest BCUT2D eigenvalue weighted by molar-refractivity contribution is 5.70. The van der Waals surface area contributed by atoms with E-state index in [9.17, 15) is 9.90 Å². The fourth-order valence-corrected chi connectivity index (χ4v) is 4.14. The van der Waals surface area contributed by atoms with Crippen LogP contribution in [0, 0.1) is 11.8 Å². The van der Waals surface area contributed by atoms with Crippen molar-refractivity contribution in [1.82, 2.24) is 4.90 Å².